The van der Waals surface area contributed by atoms with Gasteiger partial charge in [-0.2, -0.15) is 0 Å². The Bertz CT molecular complexity index is 1270. The predicted molar refractivity (Wildman–Crippen MR) is 135 cm³/mol. The van der Waals surface area contributed by atoms with Gasteiger partial charge in [0.25, 0.3) is 0 Å². The quantitative estimate of drug-likeness (QED) is 0.402. The number of aromatic amines is 1. The largest absolute Gasteiger partial charge is 0.369 e. The maximum Gasteiger partial charge on any atom is 0.220 e. The van der Waals surface area contributed by atoms with E-state index in [1.807, 2.05) is 37.3 Å². The number of benzene rings is 2. The van der Waals surface area contributed by atoms with E-state index in [4.69, 9.17) is 0 Å². The molecule has 3 heterocycles. The molecular formula is C27H27FN6O. The smallest absolute Gasteiger partial charge is 0.220 e. The molecule has 0 aliphatic carbocycles. The molecule has 0 bridgehead atoms. The number of carbonyl (C=O) groups excluding carboxylic acids is 1. The van der Waals surface area contributed by atoms with Crippen molar-refractivity contribution in [1.82, 2.24) is 19.9 Å². The van der Waals surface area contributed by atoms with Crippen molar-refractivity contribution in [2.45, 2.75) is 13.5 Å². The highest BCUT2D eigenvalue weighted by molar-refractivity contribution is 5.90. The number of amides is 1. The van der Waals surface area contributed by atoms with Gasteiger partial charge in [0.05, 0.1) is 17.6 Å². The normalized spacial score (nSPS) is 14.2. The molecule has 0 spiro atoms. The number of aromatic nitrogens is 3. The van der Waals surface area contributed by atoms with Crippen molar-refractivity contribution in [3.8, 4) is 11.3 Å². The molecule has 0 atom stereocenters. The average Bonchev–Trinajstić information content (AvgIpc) is 3.22. The Kier molecular flexibility index (Phi) is 6.54. The van der Waals surface area contributed by atoms with Crippen LogP contribution >= 0.6 is 0 Å². The van der Waals surface area contributed by atoms with E-state index in [0.29, 0.717) is 12.4 Å². The molecule has 1 N–H and O–H groups in total. The van der Waals surface area contributed by atoms with Crippen molar-refractivity contribution in [3.63, 3.8) is 0 Å². The molecule has 1 aliphatic rings. The first-order valence-corrected chi connectivity index (χ1v) is 11.6. The molecule has 7 nitrogen and oxygen atoms in total. The lowest BCUT2D eigenvalue weighted by Crippen LogP contribution is -2.46. The fourth-order valence-corrected chi connectivity index (χ4v) is 4.67. The molecule has 1 amide bonds. The number of hydrogen-bond donors (Lipinski definition) is 1. The fourth-order valence-electron chi connectivity index (χ4n) is 4.67. The number of halogens is 1. The van der Waals surface area contributed by atoms with E-state index in [1.165, 1.54) is 12.1 Å². The molecule has 8 heteroatoms. The monoisotopic (exact) mass is 470 g/mol. The number of rotatable bonds is 7. The zero-order valence-corrected chi connectivity index (χ0v) is 19.6. The molecule has 1 aliphatic heterocycles. The highest BCUT2D eigenvalue weighted by Crippen LogP contribution is 2.37. The van der Waals surface area contributed by atoms with Gasteiger partial charge in [0.2, 0.25) is 6.41 Å². The van der Waals surface area contributed by atoms with E-state index >= 15 is 0 Å². The molecule has 1 saturated heterocycles. The minimum Gasteiger partial charge on any atom is -0.369 e. The van der Waals surface area contributed by atoms with Crippen molar-refractivity contribution in [1.29, 1.82) is 0 Å². The molecule has 2 aromatic carbocycles. The maximum atomic E-state index is 13.3. The van der Waals surface area contributed by atoms with Crippen LogP contribution in [0.3, 0.4) is 0 Å². The van der Waals surface area contributed by atoms with Crippen molar-refractivity contribution in [2.75, 3.05) is 36.0 Å². The summed E-state index contributed by atoms with van der Waals surface area (Å²) in [4.78, 5) is 30.5. The third-order valence-electron chi connectivity index (χ3n) is 6.41. The summed E-state index contributed by atoms with van der Waals surface area (Å²) in [5.74, 6) is 0.255. The molecule has 1 fully saturated rings. The number of aryl methyl sites for hydroxylation is 1. The second kappa shape index (κ2) is 10.1. The topological polar surface area (TPSA) is 68.4 Å². The number of nitrogens with zero attached hydrogens (tertiary/aromatic N) is 5. The van der Waals surface area contributed by atoms with Crippen LogP contribution < -0.4 is 9.80 Å². The van der Waals surface area contributed by atoms with Crippen LogP contribution in [-0.4, -0.2) is 52.4 Å². The van der Waals surface area contributed by atoms with Gasteiger partial charge < -0.3 is 9.88 Å². The number of piperazine rings is 1. The van der Waals surface area contributed by atoms with Gasteiger partial charge in [-0.25, -0.2) is 9.37 Å². The summed E-state index contributed by atoms with van der Waals surface area (Å²) in [6.45, 7) is 6.03. The van der Waals surface area contributed by atoms with Crippen LogP contribution in [0.2, 0.25) is 0 Å². The molecular weight excluding hydrogens is 443 g/mol. The van der Waals surface area contributed by atoms with E-state index < -0.39 is 0 Å². The zero-order chi connectivity index (χ0) is 24.2. The van der Waals surface area contributed by atoms with Gasteiger partial charge in [0.15, 0.2) is 5.82 Å². The number of hydrogen-bond acceptors (Lipinski definition) is 5. The number of anilines is 3. The lowest BCUT2D eigenvalue weighted by atomic mass is 10.1. The van der Waals surface area contributed by atoms with Gasteiger partial charge >= 0.3 is 0 Å². The summed E-state index contributed by atoms with van der Waals surface area (Å²) in [6.07, 6.45) is 5.56. The summed E-state index contributed by atoms with van der Waals surface area (Å²) < 4.78 is 13.3. The third-order valence-corrected chi connectivity index (χ3v) is 6.41. The molecule has 2 aromatic heterocycles. The van der Waals surface area contributed by atoms with E-state index in [2.05, 4.69) is 36.9 Å². The lowest BCUT2D eigenvalue weighted by Gasteiger charge is -2.36. The number of nitrogens with one attached hydrogen (secondary N) is 1. The van der Waals surface area contributed by atoms with Crippen LogP contribution in [0, 0.1) is 12.7 Å². The lowest BCUT2D eigenvalue weighted by molar-refractivity contribution is -0.106. The summed E-state index contributed by atoms with van der Waals surface area (Å²) >= 11 is 0. The SMILES string of the molecule is Cc1[nH]c(-c2ccccc2)c(CN2CCN(c3ccc(F)cc3)CC2)c1N(C=O)c1cnccn1. The molecule has 0 unspecified atom stereocenters. The van der Waals surface area contributed by atoms with E-state index in [1.54, 1.807) is 23.5 Å². The Hall–Kier alpha value is -4.04. The maximum absolute atomic E-state index is 13.3. The summed E-state index contributed by atoms with van der Waals surface area (Å²) in [5.41, 5.74) is 5.83. The molecule has 4 aromatic rings. The van der Waals surface area contributed by atoms with Crippen LogP contribution in [0.15, 0.2) is 73.2 Å². The first-order valence-electron chi connectivity index (χ1n) is 11.6. The van der Waals surface area contributed by atoms with Gasteiger partial charge in [-0.3, -0.25) is 19.6 Å². The van der Waals surface area contributed by atoms with Crippen molar-refractivity contribution < 1.29 is 9.18 Å². The van der Waals surface area contributed by atoms with E-state index in [9.17, 15) is 9.18 Å². The number of H-pyrrole nitrogens is 1. The van der Waals surface area contributed by atoms with Crippen LogP contribution in [0.1, 0.15) is 11.3 Å². The molecule has 35 heavy (non-hydrogen) atoms. The standard InChI is InChI=1S/C27H27FN6O/c1-20-27(34(19-35)25-17-29-11-12-30-25)24(26(31-20)21-5-3-2-4-6-21)18-32-13-15-33(16-14-32)23-9-7-22(28)8-10-23/h2-12,17,19,31H,13-16,18H2,1H3. The minimum atomic E-state index is -0.223. The van der Waals surface area contributed by atoms with Crippen molar-refractivity contribution in [3.05, 3.63) is 90.3 Å². The van der Waals surface area contributed by atoms with Gasteiger partial charge in [0.1, 0.15) is 5.82 Å². The summed E-state index contributed by atoms with van der Waals surface area (Å²) in [5, 5.41) is 0. The van der Waals surface area contributed by atoms with Crippen LogP contribution in [0.4, 0.5) is 21.6 Å². The van der Waals surface area contributed by atoms with E-state index in [-0.39, 0.29) is 5.82 Å². The van der Waals surface area contributed by atoms with Crippen molar-refractivity contribution >= 4 is 23.6 Å². The summed E-state index contributed by atoms with van der Waals surface area (Å²) in [6, 6.07) is 16.8. The zero-order valence-electron chi connectivity index (χ0n) is 19.6. The molecule has 178 valence electrons. The van der Waals surface area contributed by atoms with Crippen LogP contribution in [-0.2, 0) is 11.3 Å². The fraction of sp³-hybridized carbons (Fsp3) is 0.222. The Morgan fingerprint density at radius 3 is 2.43 bits per heavy atom. The molecule has 0 radical (unpaired) electrons. The predicted octanol–water partition coefficient (Wildman–Crippen LogP) is 4.54. The Morgan fingerprint density at radius 1 is 1.03 bits per heavy atom. The highest BCUT2D eigenvalue weighted by atomic mass is 19.1. The second-order valence-electron chi connectivity index (χ2n) is 8.60. The number of carbonyl (C=O) groups is 1. The minimum absolute atomic E-state index is 0.223. The summed E-state index contributed by atoms with van der Waals surface area (Å²) in [7, 11) is 0. The molecule has 0 saturated carbocycles. The van der Waals surface area contributed by atoms with Crippen LogP contribution in [0.25, 0.3) is 11.3 Å². The van der Waals surface area contributed by atoms with Gasteiger partial charge in [-0.1, -0.05) is 30.3 Å². The first-order chi connectivity index (χ1) is 17.1. The Labute approximate surface area is 203 Å². The molecule has 5 rings (SSSR count). The van der Waals surface area contributed by atoms with Gasteiger partial charge in [-0.15, -0.1) is 0 Å². The van der Waals surface area contributed by atoms with Gasteiger partial charge in [-0.05, 0) is 36.8 Å². The average molecular weight is 471 g/mol. The van der Waals surface area contributed by atoms with Gasteiger partial charge in [0, 0.05) is 62.1 Å². The Morgan fingerprint density at radius 2 is 1.77 bits per heavy atom. The van der Waals surface area contributed by atoms with Crippen molar-refractivity contribution in [2.24, 2.45) is 0 Å². The Balaban J connectivity index is 1.45. The second-order valence-corrected chi connectivity index (χ2v) is 8.60. The third kappa shape index (κ3) is 4.79. The van der Waals surface area contributed by atoms with Crippen LogP contribution in [0.5, 0.6) is 0 Å². The van der Waals surface area contributed by atoms with E-state index in [0.717, 1.165) is 66.5 Å². The highest BCUT2D eigenvalue weighted by Gasteiger charge is 2.26. The first kappa shape index (κ1) is 22.7.